The molecule has 1 aromatic carbocycles. The summed E-state index contributed by atoms with van der Waals surface area (Å²) >= 11 is 6.27. The molecule has 2 heterocycles. The largest absolute Gasteiger partial charge is 0.493 e. The highest BCUT2D eigenvalue weighted by atomic mass is 35.5. The number of aromatic nitrogens is 1. The van der Waals surface area contributed by atoms with E-state index in [9.17, 15) is 0 Å². The second-order valence-electron chi connectivity index (χ2n) is 4.95. The molecule has 2 aromatic rings. The first-order valence-electron chi connectivity index (χ1n) is 7.03. The van der Waals surface area contributed by atoms with E-state index in [1.807, 2.05) is 30.3 Å². The number of anilines is 2. The number of benzene rings is 1. The lowest BCUT2D eigenvalue weighted by Gasteiger charge is -2.37. The molecule has 21 heavy (non-hydrogen) atoms. The number of rotatable bonds is 3. The normalized spacial score (nSPS) is 15.1. The van der Waals surface area contributed by atoms with Gasteiger partial charge in [0.25, 0.3) is 0 Å². The van der Waals surface area contributed by atoms with Crippen molar-refractivity contribution in [1.29, 1.82) is 0 Å². The van der Waals surface area contributed by atoms with Gasteiger partial charge in [0, 0.05) is 32.4 Å². The number of hydrogen-bond donors (Lipinski definition) is 0. The highest BCUT2D eigenvalue weighted by Crippen LogP contribution is 2.29. The summed E-state index contributed by atoms with van der Waals surface area (Å²) in [4.78, 5) is 9.01. The number of hydrogen-bond acceptors (Lipinski definition) is 4. The molecule has 1 fully saturated rings. The third kappa shape index (κ3) is 2.90. The maximum Gasteiger partial charge on any atom is 0.171 e. The molecule has 110 valence electrons. The Bertz CT molecular complexity index is 612. The first-order chi connectivity index (χ1) is 10.3. The second-order valence-corrected chi connectivity index (χ2v) is 5.36. The smallest absolute Gasteiger partial charge is 0.171 e. The van der Waals surface area contributed by atoms with Crippen molar-refractivity contribution >= 4 is 23.1 Å². The highest BCUT2D eigenvalue weighted by molar-refractivity contribution is 6.33. The van der Waals surface area contributed by atoms with Crippen molar-refractivity contribution in [1.82, 2.24) is 4.98 Å². The van der Waals surface area contributed by atoms with E-state index in [-0.39, 0.29) is 0 Å². The number of piperazine rings is 1. The average molecular weight is 304 g/mol. The van der Waals surface area contributed by atoms with Crippen LogP contribution in [0, 0.1) is 0 Å². The molecule has 0 saturated carbocycles. The van der Waals surface area contributed by atoms with E-state index in [4.69, 9.17) is 16.3 Å². The van der Waals surface area contributed by atoms with Gasteiger partial charge in [-0.3, -0.25) is 0 Å². The molecule has 1 aliphatic heterocycles. The van der Waals surface area contributed by atoms with Crippen LogP contribution in [0.5, 0.6) is 5.75 Å². The predicted molar refractivity (Wildman–Crippen MR) is 86.7 cm³/mol. The summed E-state index contributed by atoms with van der Waals surface area (Å²) in [7, 11) is 1.68. The number of nitrogens with zero attached hydrogens (tertiary/aromatic N) is 3. The number of methoxy groups -OCH3 is 1. The Morgan fingerprint density at radius 3 is 2.43 bits per heavy atom. The van der Waals surface area contributed by atoms with Crippen molar-refractivity contribution in [3.8, 4) is 5.75 Å². The second kappa shape index (κ2) is 6.22. The van der Waals surface area contributed by atoms with Gasteiger partial charge in [0.1, 0.15) is 0 Å². The van der Waals surface area contributed by atoms with Crippen LogP contribution in [0.4, 0.5) is 11.5 Å². The van der Waals surface area contributed by atoms with E-state index in [0.717, 1.165) is 48.5 Å². The molecule has 0 radical (unpaired) electrons. The Hall–Kier alpha value is -1.94. The van der Waals surface area contributed by atoms with Crippen molar-refractivity contribution < 1.29 is 4.74 Å². The van der Waals surface area contributed by atoms with Gasteiger partial charge in [-0.1, -0.05) is 23.7 Å². The van der Waals surface area contributed by atoms with Gasteiger partial charge in [0.05, 0.1) is 17.8 Å². The molecule has 1 aromatic heterocycles. The van der Waals surface area contributed by atoms with Crippen molar-refractivity contribution in [2.75, 3.05) is 43.1 Å². The number of pyridine rings is 1. The van der Waals surface area contributed by atoms with Crippen molar-refractivity contribution in [3.05, 3.63) is 47.6 Å². The Morgan fingerprint density at radius 1 is 1.00 bits per heavy atom. The molecule has 0 amide bonds. The molecule has 0 bridgehead atoms. The summed E-state index contributed by atoms with van der Waals surface area (Å²) in [6, 6.07) is 11.8. The third-order valence-corrected chi connectivity index (χ3v) is 4.06. The Kier molecular flexibility index (Phi) is 4.15. The van der Waals surface area contributed by atoms with Crippen LogP contribution in [0.15, 0.2) is 42.6 Å². The third-order valence-electron chi connectivity index (χ3n) is 3.74. The molecular weight excluding hydrogens is 286 g/mol. The van der Waals surface area contributed by atoms with Gasteiger partial charge in [0.2, 0.25) is 0 Å². The molecule has 5 heteroatoms. The minimum absolute atomic E-state index is 0.807. The molecule has 4 nitrogen and oxygen atoms in total. The van der Waals surface area contributed by atoms with Crippen molar-refractivity contribution in [3.63, 3.8) is 0 Å². The van der Waals surface area contributed by atoms with E-state index in [1.165, 1.54) is 0 Å². The summed E-state index contributed by atoms with van der Waals surface area (Å²) in [5, 5.41) is 0.807. The van der Waals surface area contributed by atoms with Crippen LogP contribution < -0.4 is 14.5 Å². The number of para-hydroxylation sites is 1. The number of halogens is 1. The fourth-order valence-electron chi connectivity index (χ4n) is 2.65. The van der Waals surface area contributed by atoms with E-state index in [2.05, 4.69) is 20.9 Å². The summed E-state index contributed by atoms with van der Waals surface area (Å²) in [5.74, 6) is 1.74. The molecule has 0 aliphatic carbocycles. The van der Waals surface area contributed by atoms with Crippen molar-refractivity contribution in [2.24, 2.45) is 0 Å². The zero-order valence-electron chi connectivity index (χ0n) is 12.0. The Morgan fingerprint density at radius 2 is 1.71 bits per heavy atom. The minimum Gasteiger partial charge on any atom is -0.493 e. The van der Waals surface area contributed by atoms with Crippen LogP contribution in [0.1, 0.15) is 0 Å². The van der Waals surface area contributed by atoms with Gasteiger partial charge in [-0.25, -0.2) is 4.98 Å². The lowest BCUT2D eigenvalue weighted by molar-refractivity contribution is 0.411. The summed E-state index contributed by atoms with van der Waals surface area (Å²) < 4.78 is 5.39. The summed E-state index contributed by atoms with van der Waals surface area (Å²) in [6.07, 6.45) is 1.80. The zero-order valence-corrected chi connectivity index (χ0v) is 12.8. The van der Waals surface area contributed by atoms with Gasteiger partial charge in [0.15, 0.2) is 11.6 Å². The monoisotopic (exact) mass is 303 g/mol. The number of ether oxygens (including phenoxy) is 1. The van der Waals surface area contributed by atoms with E-state index in [0.29, 0.717) is 0 Å². The van der Waals surface area contributed by atoms with E-state index >= 15 is 0 Å². The summed E-state index contributed by atoms with van der Waals surface area (Å²) in [6.45, 7) is 3.64. The van der Waals surface area contributed by atoms with E-state index in [1.54, 1.807) is 13.3 Å². The molecule has 0 spiro atoms. The topological polar surface area (TPSA) is 28.6 Å². The average Bonchev–Trinajstić information content (AvgIpc) is 2.55. The fraction of sp³-hybridized carbons (Fsp3) is 0.312. The first-order valence-corrected chi connectivity index (χ1v) is 7.41. The van der Waals surface area contributed by atoms with Gasteiger partial charge in [-0.2, -0.15) is 0 Å². The SMILES string of the molecule is COc1cccnc1N1CCN(c2ccccc2Cl)CC1. The van der Waals surface area contributed by atoms with Gasteiger partial charge >= 0.3 is 0 Å². The highest BCUT2D eigenvalue weighted by Gasteiger charge is 2.21. The summed E-state index contributed by atoms with van der Waals surface area (Å²) in [5.41, 5.74) is 1.10. The minimum atomic E-state index is 0.807. The van der Waals surface area contributed by atoms with Crippen LogP contribution in [-0.4, -0.2) is 38.3 Å². The standard InChI is InChI=1S/C16H18ClN3O/c1-21-15-7-4-8-18-16(15)20-11-9-19(10-12-20)14-6-3-2-5-13(14)17/h2-8H,9-12H2,1H3. The maximum absolute atomic E-state index is 6.27. The molecule has 1 aliphatic rings. The van der Waals surface area contributed by atoms with Gasteiger partial charge < -0.3 is 14.5 Å². The van der Waals surface area contributed by atoms with Crippen LogP contribution >= 0.6 is 11.6 Å². The van der Waals surface area contributed by atoms with Gasteiger partial charge in [-0.15, -0.1) is 0 Å². The molecule has 3 rings (SSSR count). The molecule has 1 saturated heterocycles. The van der Waals surface area contributed by atoms with Crippen molar-refractivity contribution in [2.45, 2.75) is 0 Å². The zero-order chi connectivity index (χ0) is 14.7. The van der Waals surface area contributed by atoms with Crippen LogP contribution in [0.25, 0.3) is 0 Å². The van der Waals surface area contributed by atoms with Crippen LogP contribution in [-0.2, 0) is 0 Å². The molecule has 0 atom stereocenters. The fourth-order valence-corrected chi connectivity index (χ4v) is 2.90. The Labute approximate surface area is 129 Å². The van der Waals surface area contributed by atoms with Crippen LogP contribution in [0.2, 0.25) is 5.02 Å². The Balaban J connectivity index is 1.72. The van der Waals surface area contributed by atoms with E-state index < -0.39 is 0 Å². The molecule has 0 unspecified atom stereocenters. The van der Waals surface area contributed by atoms with Gasteiger partial charge in [-0.05, 0) is 24.3 Å². The lowest BCUT2D eigenvalue weighted by atomic mass is 10.2. The predicted octanol–water partition coefficient (Wildman–Crippen LogP) is 3.07. The molecule has 0 N–H and O–H groups in total. The molecular formula is C16H18ClN3O. The lowest BCUT2D eigenvalue weighted by Crippen LogP contribution is -2.47. The maximum atomic E-state index is 6.27. The quantitative estimate of drug-likeness (QED) is 0.871. The van der Waals surface area contributed by atoms with Crippen LogP contribution in [0.3, 0.4) is 0 Å². The first kappa shape index (κ1) is 14.0.